The van der Waals surface area contributed by atoms with Crippen LogP contribution in [0.5, 0.6) is 5.75 Å². The molecule has 2 N–H and O–H groups in total. The van der Waals surface area contributed by atoms with Crippen LogP contribution in [0.15, 0.2) is 97.1 Å². The van der Waals surface area contributed by atoms with Crippen molar-refractivity contribution >= 4 is 35.7 Å². The molecule has 326 valence electrons. The molecule has 0 aromatic heterocycles. The first-order valence-corrected chi connectivity index (χ1v) is 20.8. The highest BCUT2D eigenvalue weighted by atomic mass is 16.7. The minimum atomic E-state index is -1.07. The Bertz CT molecular complexity index is 2170. The summed E-state index contributed by atoms with van der Waals surface area (Å²) < 4.78 is 39.8. The average Bonchev–Trinajstić information content (AvgIpc) is 3.88. The molecule has 2 aliphatic heterocycles. The molecule has 3 aliphatic rings. The van der Waals surface area contributed by atoms with Crippen molar-refractivity contribution in [2.75, 3.05) is 38.7 Å². The van der Waals surface area contributed by atoms with Gasteiger partial charge in [0.25, 0.3) is 0 Å². The standard InChI is InChI=1S/C47H51N3O12/c1-30(51)60-33-26-41(45(53)56-2)62-44(27-33)61-40-19-18-32(28-59-47(55)50-23-10-17-43(50)57-24-21-31-11-4-3-5-12-31)25-39(40)49-42(52)20-22-48-46(54)58-29-38-36-15-8-6-13-34(36)35-14-7-9-16-37(35)38/h3-9,11-16,18-19,25,33,38,41,43-44H,10,17,20-24,26-29H2,1-2H3,(H,48,54)(H,49,52)/t33-,41-,43?,44?/m0/s1. The highest BCUT2D eigenvalue weighted by Crippen LogP contribution is 2.44. The third-order valence-corrected chi connectivity index (χ3v) is 10.9. The van der Waals surface area contributed by atoms with Crippen molar-refractivity contribution in [1.29, 1.82) is 0 Å². The van der Waals surface area contributed by atoms with Gasteiger partial charge in [-0.3, -0.25) is 14.5 Å². The van der Waals surface area contributed by atoms with E-state index in [2.05, 4.69) is 22.8 Å². The average molecular weight is 850 g/mol. The van der Waals surface area contributed by atoms with E-state index in [1.807, 2.05) is 66.7 Å². The molecule has 2 unspecified atom stereocenters. The Morgan fingerprint density at radius 1 is 0.839 bits per heavy atom. The van der Waals surface area contributed by atoms with Crippen molar-refractivity contribution < 1.29 is 57.1 Å². The van der Waals surface area contributed by atoms with E-state index < -0.39 is 54.8 Å². The number of methoxy groups -OCH3 is 1. The summed E-state index contributed by atoms with van der Waals surface area (Å²) in [5.41, 5.74) is 6.28. The van der Waals surface area contributed by atoms with Crippen LogP contribution in [0.1, 0.15) is 67.2 Å². The molecule has 0 radical (unpaired) electrons. The molecule has 2 saturated heterocycles. The highest BCUT2D eigenvalue weighted by molar-refractivity contribution is 5.92. The number of nitrogens with zero attached hydrogens (tertiary/aromatic N) is 1. The number of hydrogen-bond acceptors (Lipinski definition) is 12. The van der Waals surface area contributed by atoms with E-state index in [1.54, 1.807) is 23.1 Å². The normalized spacial score (nSPS) is 19.1. The number of benzene rings is 4. The van der Waals surface area contributed by atoms with Gasteiger partial charge in [-0.25, -0.2) is 14.4 Å². The molecule has 0 spiro atoms. The van der Waals surface area contributed by atoms with Crippen LogP contribution >= 0.6 is 0 Å². The van der Waals surface area contributed by atoms with Crippen LogP contribution in [0.2, 0.25) is 0 Å². The Morgan fingerprint density at radius 2 is 1.56 bits per heavy atom. The van der Waals surface area contributed by atoms with E-state index in [0.717, 1.165) is 34.2 Å². The lowest BCUT2D eigenvalue weighted by Crippen LogP contribution is -2.44. The van der Waals surface area contributed by atoms with Crippen LogP contribution in [0.4, 0.5) is 15.3 Å². The van der Waals surface area contributed by atoms with Gasteiger partial charge in [0.05, 0.1) is 19.4 Å². The quantitative estimate of drug-likeness (QED) is 0.0886. The van der Waals surface area contributed by atoms with Gasteiger partial charge in [-0.1, -0.05) is 84.9 Å². The van der Waals surface area contributed by atoms with Crippen LogP contribution in [0, 0.1) is 0 Å². The van der Waals surface area contributed by atoms with Crippen molar-refractivity contribution in [3.63, 3.8) is 0 Å². The molecule has 4 atom stereocenters. The summed E-state index contributed by atoms with van der Waals surface area (Å²) in [5.74, 6) is -1.60. The molecule has 15 heteroatoms. The van der Waals surface area contributed by atoms with E-state index in [0.29, 0.717) is 31.6 Å². The zero-order valence-corrected chi connectivity index (χ0v) is 34.7. The monoisotopic (exact) mass is 849 g/mol. The summed E-state index contributed by atoms with van der Waals surface area (Å²) in [5, 5.41) is 5.49. The smallest absolute Gasteiger partial charge is 0.412 e. The lowest BCUT2D eigenvalue weighted by Gasteiger charge is -2.33. The van der Waals surface area contributed by atoms with Gasteiger partial charge in [0.1, 0.15) is 31.3 Å². The van der Waals surface area contributed by atoms with E-state index in [-0.39, 0.29) is 56.4 Å². The fourth-order valence-corrected chi connectivity index (χ4v) is 7.99. The van der Waals surface area contributed by atoms with Gasteiger partial charge in [0, 0.05) is 45.2 Å². The molecule has 62 heavy (non-hydrogen) atoms. The Balaban J connectivity index is 0.970. The van der Waals surface area contributed by atoms with E-state index in [9.17, 15) is 24.0 Å². The largest absolute Gasteiger partial charge is 0.467 e. The number of hydrogen-bond donors (Lipinski definition) is 2. The maximum Gasteiger partial charge on any atom is 0.412 e. The van der Waals surface area contributed by atoms with Crippen LogP contribution in [-0.2, 0) is 55.8 Å². The number of esters is 2. The fraction of sp³-hybridized carbons (Fsp3) is 0.383. The number of rotatable bonds is 16. The minimum Gasteiger partial charge on any atom is -0.467 e. The minimum absolute atomic E-state index is 0.0307. The Kier molecular flexibility index (Phi) is 14.7. The molecule has 2 heterocycles. The number of ether oxygens (including phenoxy) is 7. The molecule has 15 nitrogen and oxygen atoms in total. The lowest BCUT2D eigenvalue weighted by molar-refractivity contribution is -0.204. The van der Waals surface area contributed by atoms with Gasteiger partial charge in [0.2, 0.25) is 12.2 Å². The molecule has 7 rings (SSSR count). The maximum atomic E-state index is 13.4. The SMILES string of the molecule is COC(=O)[C@@H]1C[C@H](OC(C)=O)CC(Oc2ccc(COC(=O)N3CCCC3OCCc3ccccc3)cc2NC(=O)CCNC(=O)OCC2c3ccccc3-c3ccccc32)O1. The fourth-order valence-electron chi connectivity index (χ4n) is 7.99. The van der Waals surface area contributed by atoms with Crippen LogP contribution in [0.25, 0.3) is 11.1 Å². The van der Waals surface area contributed by atoms with E-state index in [1.165, 1.54) is 14.0 Å². The van der Waals surface area contributed by atoms with Gasteiger partial charge < -0.3 is 43.8 Å². The van der Waals surface area contributed by atoms with Crippen LogP contribution in [0.3, 0.4) is 0 Å². The first kappa shape index (κ1) is 43.6. The van der Waals surface area contributed by atoms with Gasteiger partial charge >= 0.3 is 24.1 Å². The molecular formula is C47H51N3O12. The first-order valence-electron chi connectivity index (χ1n) is 20.8. The summed E-state index contributed by atoms with van der Waals surface area (Å²) in [6.07, 6.45) is -2.20. The molecular weight excluding hydrogens is 799 g/mol. The third-order valence-electron chi connectivity index (χ3n) is 10.9. The number of anilines is 1. The van der Waals surface area contributed by atoms with Gasteiger partial charge in [0.15, 0.2) is 6.10 Å². The van der Waals surface area contributed by atoms with Crippen molar-refractivity contribution in [2.45, 2.75) is 82.7 Å². The van der Waals surface area contributed by atoms with Crippen molar-refractivity contribution in [2.24, 2.45) is 0 Å². The summed E-state index contributed by atoms with van der Waals surface area (Å²) in [4.78, 5) is 65.3. The van der Waals surface area contributed by atoms with Crippen molar-refractivity contribution in [3.05, 3.63) is 119 Å². The zero-order chi connectivity index (χ0) is 43.4. The highest BCUT2D eigenvalue weighted by Gasteiger charge is 2.38. The van der Waals surface area contributed by atoms with Crippen LogP contribution in [-0.4, -0.2) is 93.1 Å². The van der Waals surface area contributed by atoms with Crippen molar-refractivity contribution in [1.82, 2.24) is 10.2 Å². The van der Waals surface area contributed by atoms with Crippen LogP contribution < -0.4 is 15.4 Å². The van der Waals surface area contributed by atoms with E-state index >= 15 is 0 Å². The second-order valence-corrected chi connectivity index (χ2v) is 15.2. The maximum absolute atomic E-state index is 13.4. The lowest BCUT2D eigenvalue weighted by atomic mass is 9.98. The molecule has 1 aliphatic carbocycles. The summed E-state index contributed by atoms with van der Waals surface area (Å²) in [6, 6.07) is 30.9. The number of likely N-dealkylation sites (tertiary alicyclic amines) is 1. The predicted octanol–water partition coefficient (Wildman–Crippen LogP) is 6.86. The Hall–Kier alpha value is -6.45. The molecule has 0 bridgehead atoms. The van der Waals surface area contributed by atoms with Gasteiger partial charge in [-0.05, 0) is 64.8 Å². The number of alkyl carbamates (subject to hydrolysis) is 1. The number of carbonyl (C=O) groups excluding carboxylic acids is 5. The second kappa shape index (κ2) is 20.9. The van der Waals surface area contributed by atoms with E-state index in [4.69, 9.17) is 33.2 Å². The summed E-state index contributed by atoms with van der Waals surface area (Å²) in [6.45, 7) is 2.19. The Morgan fingerprint density at radius 3 is 2.29 bits per heavy atom. The Labute approximate surface area is 359 Å². The van der Waals surface area contributed by atoms with Crippen molar-refractivity contribution in [3.8, 4) is 16.9 Å². The molecule has 3 amide bonds. The topological polar surface area (TPSA) is 177 Å². The molecule has 4 aromatic carbocycles. The number of fused-ring (bicyclic) bond motifs is 3. The molecule has 2 fully saturated rings. The first-order chi connectivity index (χ1) is 30.1. The second-order valence-electron chi connectivity index (χ2n) is 15.2. The number of nitrogens with one attached hydrogen (secondary N) is 2. The molecule has 0 saturated carbocycles. The summed E-state index contributed by atoms with van der Waals surface area (Å²) >= 11 is 0. The molecule has 4 aromatic rings. The summed E-state index contributed by atoms with van der Waals surface area (Å²) in [7, 11) is 1.22. The zero-order valence-electron chi connectivity index (χ0n) is 34.7. The number of carbonyl (C=O) groups is 5. The van der Waals surface area contributed by atoms with Gasteiger partial charge in [-0.2, -0.15) is 0 Å². The van der Waals surface area contributed by atoms with Gasteiger partial charge in [-0.15, -0.1) is 0 Å². The number of amides is 3. The predicted molar refractivity (Wildman–Crippen MR) is 225 cm³/mol. The third kappa shape index (κ3) is 11.3.